The Labute approximate surface area is 248 Å². The summed E-state index contributed by atoms with van der Waals surface area (Å²) in [5.74, 6) is -0.495. The molecule has 1 N–H and O–H groups in total. The molecule has 9 heteroatoms. The summed E-state index contributed by atoms with van der Waals surface area (Å²) in [4.78, 5) is 32.7. The van der Waals surface area contributed by atoms with Crippen LogP contribution in [0.15, 0.2) is 51.1 Å². The molecule has 0 radical (unpaired) electrons. The van der Waals surface area contributed by atoms with E-state index >= 15 is 0 Å². The third kappa shape index (κ3) is 5.73. The van der Waals surface area contributed by atoms with Gasteiger partial charge in [0.15, 0.2) is 28.8 Å². The van der Waals surface area contributed by atoms with E-state index in [1.807, 2.05) is 25.1 Å². The summed E-state index contributed by atoms with van der Waals surface area (Å²) < 4.78 is 22.8. The van der Waals surface area contributed by atoms with Gasteiger partial charge in [0.2, 0.25) is 0 Å². The number of allylic oxidation sites excluding steroid dienone is 2. The first-order valence-corrected chi connectivity index (χ1v) is 14.8. The average molecular weight is 627 g/mol. The van der Waals surface area contributed by atoms with Crippen LogP contribution >= 0.6 is 15.9 Å². The Bertz CT molecular complexity index is 1410. The number of Topliss-reactive ketones (excluding diaryl/α,β-unsaturated/α-hetero) is 1. The Morgan fingerprint density at radius 1 is 0.927 bits per heavy atom. The fraction of sp³-hybridized carbons (Fsp3) is 0.469. The number of halogens is 1. The molecule has 41 heavy (non-hydrogen) atoms. The average Bonchev–Trinajstić information content (AvgIpc) is 2.97. The van der Waals surface area contributed by atoms with Gasteiger partial charge < -0.3 is 24.1 Å². The number of hydrogen-bond acceptors (Lipinski definition) is 8. The minimum atomic E-state index is -0.765. The molecule has 1 fully saturated rings. The van der Waals surface area contributed by atoms with E-state index in [1.54, 1.807) is 26.4 Å². The summed E-state index contributed by atoms with van der Waals surface area (Å²) >= 11 is 3.43. The number of phenols is 1. The van der Waals surface area contributed by atoms with Gasteiger partial charge in [0.25, 0.3) is 0 Å². The van der Waals surface area contributed by atoms with Crippen molar-refractivity contribution in [1.82, 2.24) is 0 Å². The van der Waals surface area contributed by atoms with Crippen molar-refractivity contribution < 1.29 is 33.6 Å². The van der Waals surface area contributed by atoms with Crippen LogP contribution in [0.4, 0.5) is 0 Å². The van der Waals surface area contributed by atoms with Crippen LogP contribution in [0, 0.1) is 5.92 Å². The first-order chi connectivity index (χ1) is 19.7. The normalized spacial score (nSPS) is 23.0. The first-order valence-electron chi connectivity index (χ1n) is 14.1. The molecule has 2 aliphatic carbocycles. The molecule has 3 atom stereocenters. The van der Waals surface area contributed by atoms with E-state index in [2.05, 4.69) is 15.9 Å². The van der Waals surface area contributed by atoms with Crippen LogP contribution in [0.3, 0.4) is 0 Å². The minimum absolute atomic E-state index is 0.0449. The van der Waals surface area contributed by atoms with Gasteiger partial charge in [-0.25, -0.2) is 0 Å². The van der Waals surface area contributed by atoms with E-state index in [1.165, 1.54) is 7.11 Å². The lowest BCUT2D eigenvalue weighted by Gasteiger charge is -2.37. The van der Waals surface area contributed by atoms with Gasteiger partial charge in [-0.1, -0.05) is 12.5 Å². The van der Waals surface area contributed by atoms with Crippen molar-refractivity contribution in [1.29, 1.82) is 0 Å². The number of carbonyl (C=O) groups excluding carboxylic acids is 2. The van der Waals surface area contributed by atoms with Gasteiger partial charge >= 0.3 is 5.97 Å². The SMILES string of the molecule is COc1ccc([C@H]2CC(=O)C3=C(C2)N=C(C)C(C(=O)OC2CCCCC2)[C@H]3c2cc(Br)c(O)c(OC)c2)cc1OC. The molecule has 1 aliphatic heterocycles. The maximum Gasteiger partial charge on any atom is 0.315 e. The Morgan fingerprint density at radius 2 is 1.61 bits per heavy atom. The molecule has 0 spiro atoms. The number of benzene rings is 2. The summed E-state index contributed by atoms with van der Waals surface area (Å²) in [6.45, 7) is 1.83. The minimum Gasteiger partial charge on any atom is -0.503 e. The van der Waals surface area contributed by atoms with Gasteiger partial charge in [-0.3, -0.25) is 14.6 Å². The Balaban J connectivity index is 1.57. The largest absolute Gasteiger partial charge is 0.503 e. The molecular weight excluding hydrogens is 590 g/mol. The number of esters is 1. The second-order valence-electron chi connectivity index (χ2n) is 11.0. The van der Waals surface area contributed by atoms with E-state index in [4.69, 9.17) is 23.9 Å². The summed E-state index contributed by atoms with van der Waals surface area (Å²) in [5, 5.41) is 10.5. The van der Waals surface area contributed by atoms with Crippen LogP contribution in [-0.4, -0.2) is 50.0 Å². The van der Waals surface area contributed by atoms with Gasteiger partial charge in [-0.15, -0.1) is 0 Å². The van der Waals surface area contributed by atoms with E-state index in [0.717, 1.165) is 37.7 Å². The van der Waals surface area contributed by atoms with Gasteiger partial charge in [0, 0.05) is 29.3 Å². The van der Waals surface area contributed by atoms with Crippen molar-refractivity contribution in [3.8, 4) is 23.0 Å². The highest BCUT2D eigenvalue weighted by atomic mass is 79.9. The van der Waals surface area contributed by atoms with Gasteiger partial charge in [-0.05, 0) is 96.3 Å². The van der Waals surface area contributed by atoms with Crippen LogP contribution in [0.2, 0.25) is 0 Å². The fourth-order valence-electron chi connectivity index (χ4n) is 6.42. The molecule has 3 aliphatic rings. The smallest absolute Gasteiger partial charge is 0.315 e. The standard InChI is InChI=1S/C32H36BrNO7/c1-17-28(32(37)41-21-8-6-5-7-9-21)29(20-12-22(33)31(36)27(16-20)40-4)30-23(34-17)13-19(14-24(30)35)18-10-11-25(38-2)26(15-18)39-3/h10-12,15-16,19,21,28-29,36H,5-9,13-14H2,1-4H3/t19-,28?,29-/m1/s1. The predicted octanol–water partition coefficient (Wildman–Crippen LogP) is 6.63. The number of methoxy groups -OCH3 is 3. The summed E-state index contributed by atoms with van der Waals surface area (Å²) in [6.07, 6.45) is 5.58. The molecule has 218 valence electrons. The van der Waals surface area contributed by atoms with Crippen molar-refractivity contribution in [2.45, 2.75) is 69.8 Å². The monoisotopic (exact) mass is 625 g/mol. The van der Waals surface area contributed by atoms with Crippen LogP contribution in [0.5, 0.6) is 23.0 Å². The molecule has 0 saturated heterocycles. The molecule has 0 bridgehead atoms. The zero-order chi connectivity index (χ0) is 29.3. The van der Waals surface area contributed by atoms with Crippen molar-refractivity contribution in [2.24, 2.45) is 10.9 Å². The molecule has 0 aromatic heterocycles. The topological polar surface area (TPSA) is 104 Å². The first kappa shape index (κ1) is 29.2. The van der Waals surface area contributed by atoms with E-state index < -0.39 is 11.8 Å². The Hall–Kier alpha value is -3.33. The van der Waals surface area contributed by atoms with Crippen LogP contribution in [-0.2, 0) is 14.3 Å². The van der Waals surface area contributed by atoms with E-state index in [9.17, 15) is 14.7 Å². The number of ether oxygens (including phenoxy) is 4. The Kier molecular flexibility index (Phi) is 8.73. The molecule has 2 aromatic rings. The summed E-state index contributed by atoms with van der Waals surface area (Å²) in [6, 6.07) is 9.15. The van der Waals surface area contributed by atoms with Crippen molar-refractivity contribution in [3.63, 3.8) is 0 Å². The number of phenolic OH excluding ortho intramolecular Hbond substituents is 1. The number of aromatic hydroxyl groups is 1. The maximum atomic E-state index is 14.0. The van der Waals surface area contributed by atoms with Crippen LogP contribution in [0.1, 0.15) is 74.8 Å². The lowest BCUT2D eigenvalue weighted by molar-refractivity contribution is -0.153. The van der Waals surface area contributed by atoms with Gasteiger partial charge in [-0.2, -0.15) is 0 Å². The Morgan fingerprint density at radius 3 is 2.29 bits per heavy atom. The van der Waals surface area contributed by atoms with Gasteiger partial charge in [0.1, 0.15) is 12.0 Å². The molecule has 2 aromatic carbocycles. The molecule has 1 saturated carbocycles. The molecule has 0 amide bonds. The summed E-state index contributed by atoms with van der Waals surface area (Å²) in [7, 11) is 4.65. The number of carbonyl (C=O) groups is 2. The number of hydrogen-bond donors (Lipinski definition) is 1. The van der Waals surface area contributed by atoms with Crippen molar-refractivity contribution in [3.05, 3.63) is 57.2 Å². The van der Waals surface area contributed by atoms with Crippen LogP contribution in [0.25, 0.3) is 0 Å². The third-order valence-electron chi connectivity index (χ3n) is 8.49. The number of rotatable bonds is 7. The lowest BCUT2D eigenvalue weighted by Crippen LogP contribution is -2.39. The molecule has 1 unspecified atom stereocenters. The van der Waals surface area contributed by atoms with Crippen LogP contribution < -0.4 is 14.2 Å². The fourth-order valence-corrected chi connectivity index (χ4v) is 6.88. The van der Waals surface area contributed by atoms with Gasteiger partial charge in [0.05, 0.1) is 25.8 Å². The third-order valence-corrected chi connectivity index (χ3v) is 9.09. The lowest BCUT2D eigenvalue weighted by atomic mass is 9.69. The summed E-state index contributed by atoms with van der Waals surface area (Å²) in [5.41, 5.74) is 3.45. The highest BCUT2D eigenvalue weighted by Crippen LogP contribution is 2.49. The number of nitrogens with zero attached hydrogens (tertiary/aromatic N) is 1. The van der Waals surface area contributed by atoms with E-state index in [-0.39, 0.29) is 41.7 Å². The molecular formula is C32H36BrNO7. The molecule has 1 heterocycles. The second kappa shape index (κ2) is 12.3. The molecule has 8 nitrogen and oxygen atoms in total. The predicted molar refractivity (Wildman–Crippen MR) is 158 cm³/mol. The van der Waals surface area contributed by atoms with Crippen molar-refractivity contribution >= 4 is 33.4 Å². The van der Waals surface area contributed by atoms with E-state index in [0.29, 0.717) is 44.9 Å². The maximum absolute atomic E-state index is 14.0. The second-order valence-corrected chi connectivity index (χ2v) is 11.8. The zero-order valence-corrected chi connectivity index (χ0v) is 25.5. The van der Waals surface area contributed by atoms with Crippen molar-refractivity contribution in [2.75, 3.05) is 21.3 Å². The number of aliphatic imine (C=N–C) groups is 1. The number of ketones is 1. The quantitative estimate of drug-likeness (QED) is 0.344. The molecule has 5 rings (SSSR count). The highest BCUT2D eigenvalue weighted by Gasteiger charge is 2.45. The highest BCUT2D eigenvalue weighted by molar-refractivity contribution is 9.10. The zero-order valence-electron chi connectivity index (χ0n) is 23.9.